The van der Waals surface area contributed by atoms with Gasteiger partial charge in [0.1, 0.15) is 17.2 Å². The molecule has 1 N–H and O–H groups in total. The Morgan fingerprint density at radius 2 is 1.38 bits per heavy atom. The van der Waals surface area contributed by atoms with Gasteiger partial charge in [-0.25, -0.2) is 0 Å². The Labute approximate surface area is 153 Å². The summed E-state index contributed by atoms with van der Waals surface area (Å²) in [6, 6.07) is 24.9. The largest absolute Gasteiger partial charge is 0.507 e. The van der Waals surface area contributed by atoms with Gasteiger partial charge >= 0.3 is 0 Å². The molecule has 3 rings (SSSR count). The zero-order chi connectivity index (χ0) is 18.4. The zero-order valence-electron chi connectivity index (χ0n) is 14.8. The van der Waals surface area contributed by atoms with Crippen molar-refractivity contribution in [3.63, 3.8) is 0 Å². The first-order chi connectivity index (χ1) is 12.7. The van der Waals surface area contributed by atoms with Crippen LogP contribution in [-0.2, 0) is 0 Å². The van der Waals surface area contributed by atoms with Crippen LogP contribution in [0.1, 0.15) is 23.6 Å². The van der Waals surface area contributed by atoms with Gasteiger partial charge in [-0.15, -0.1) is 5.10 Å². The minimum atomic E-state index is 0.113. The summed E-state index contributed by atoms with van der Waals surface area (Å²) in [6.07, 6.45) is 0. The van der Waals surface area contributed by atoms with E-state index in [0.29, 0.717) is 17.0 Å². The van der Waals surface area contributed by atoms with Gasteiger partial charge in [0.2, 0.25) is 0 Å². The summed E-state index contributed by atoms with van der Waals surface area (Å²) < 4.78 is 5.12. The lowest BCUT2D eigenvalue weighted by atomic mass is 10.0. The molecule has 3 aromatic carbocycles. The number of phenolic OH excluding ortho intramolecular Hbond substituents is 1. The summed E-state index contributed by atoms with van der Waals surface area (Å²) in [4.78, 5) is 0. The van der Waals surface area contributed by atoms with Gasteiger partial charge in [-0.3, -0.25) is 0 Å². The summed E-state index contributed by atoms with van der Waals surface area (Å²) in [5.41, 5.74) is 3.98. The smallest absolute Gasteiger partial charge is 0.128 e. The molecule has 130 valence electrons. The minimum absolute atomic E-state index is 0.113. The molecule has 0 aliphatic carbocycles. The van der Waals surface area contributed by atoms with E-state index < -0.39 is 0 Å². The lowest BCUT2D eigenvalue weighted by Crippen LogP contribution is -2.03. The number of hydrogen-bond acceptors (Lipinski definition) is 4. The van der Waals surface area contributed by atoms with Crippen molar-refractivity contribution in [3.8, 4) is 11.5 Å². The molecule has 0 atom stereocenters. The molecule has 0 saturated heterocycles. The van der Waals surface area contributed by atoms with E-state index in [0.717, 1.165) is 16.8 Å². The lowest BCUT2D eigenvalue weighted by molar-refractivity contribution is 0.407. The van der Waals surface area contributed by atoms with E-state index in [9.17, 15) is 5.11 Å². The second-order valence-corrected chi connectivity index (χ2v) is 5.75. The average Bonchev–Trinajstić information content (AvgIpc) is 2.69. The van der Waals surface area contributed by atoms with Crippen LogP contribution in [0.25, 0.3) is 0 Å². The molecule has 0 saturated carbocycles. The highest BCUT2D eigenvalue weighted by atomic mass is 16.5. The maximum absolute atomic E-state index is 10.2. The fourth-order valence-corrected chi connectivity index (χ4v) is 2.60. The highest BCUT2D eigenvalue weighted by Gasteiger charge is 2.08. The minimum Gasteiger partial charge on any atom is -0.507 e. The first-order valence-electron chi connectivity index (χ1n) is 8.29. The molecule has 0 heterocycles. The molecule has 0 radical (unpaired) electrons. The van der Waals surface area contributed by atoms with Gasteiger partial charge in [0.15, 0.2) is 0 Å². The molecule has 3 aromatic rings. The molecule has 26 heavy (non-hydrogen) atoms. The number of benzene rings is 3. The lowest BCUT2D eigenvalue weighted by Gasteiger charge is -2.07. The van der Waals surface area contributed by atoms with E-state index in [1.54, 1.807) is 25.3 Å². The molecule has 4 nitrogen and oxygen atoms in total. The average molecular weight is 344 g/mol. The highest BCUT2D eigenvalue weighted by Crippen LogP contribution is 2.24. The van der Waals surface area contributed by atoms with E-state index in [4.69, 9.17) is 4.74 Å². The number of phenols is 1. The predicted octanol–water partition coefficient (Wildman–Crippen LogP) is 4.66. The SMILES string of the molecule is COc1ccc(C(C)=NN=C(c2ccccc2)c2ccccc2)c(O)c1. The van der Waals surface area contributed by atoms with Crippen LogP contribution < -0.4 is 4.74 Å². The van der Waals surface area contributed by atoms with Crippen LogP contribution in [0.15, 0.2) is 89.1 Å². The van der Waals surface area contributed by atoms with E-state index in [1.807, 2.05) is 67.6 Å². The third-order valence-corrected chi connectivity index (χ3v) is 3.99. The number of nitrogens with zero attached hydrogens (tertiary/aromatic N) is 2. The maximum Gasteiger partial charge on any atom is 0.128 e. The van der Waals surface area contributed by atoms with Gasteiger partial charge in [0, 0.05) is 22.8 Å². The Hall–Kier alpha value is -3.40. The van der Waals surface area contributed by atoms with Crippen LogP contribution in [0.2, 0.25) is 0 Å². The van der Waals surface area contributed by atoms with Crippen molar-refractivity contribution >= 4 is 11.4 Å². The summed E-state index contributed by atoms with van der Waals surface area (Å²) >= 11 is 0. The Morgan fingerprint density at radius 3 is 1.88 bits per heavy atom. The summed E-state index contributed by atoms with van der Waals surface area (Å²) in [5.74, 6) is 0.707. The van der Waals surface area contributed by atoms with Crippen molar-refractivity contribution in [2.75, 3.05) is 7.11 Å². The topological polar surface area (TPSA) is 54.2 Å². The Balaban J connectivity index is 2.02. The quantitative estimate of drug-likeness (QED) is 0.540. The van der Waals surface area contributed by atoms with E-state index in [2.05, 4.69) is 10.2 Å². The zero-order valence-corrected chi connectivity index (χ0v) is 14.8. The number of rotatable bonds is 5. The monoisotopic (exact) mass is 344 g/mol. The van der Waals surface area contributed by atoms with Crippen molar-refractivity contribution < 1.29 is 9.84 Å². The first-order valence-corrected chi connectivity index (χ1v) is 8.29. The Kier molecular flexibility index (Phi) is 5.44. The van der Waals surface area contributed by atoms with Gasteiger partial charge < -0.3 is 9.84 Å². The van der Waals surface area contributed by atoms with Crippen molar-refractivity contribution in [3.05, 3.63) is 95.6 Å². The molecule has 0 amide bonds. The van der Waals surface area contributed by atoms with Gasteiger partial charge in [0.05, 0.1) is 12.8 Å². The maximum atomic E-state index is 10.2. The molecule has 0 spiro atoms. The molecular weight excluding hydrogens is 324 g/mol. The fourth-order valence-electron chi connectivity index (χ4n) is 2.60. The highest BCUT2D eigenvalue weighted by molar-refractivity contribution is 6.13. The van der Waals surface area contributed by atoms with Crippen LogP contribution in [0.3, 0.4) is 0 Å². The molecule has 0 aliphatic rings. The van der Waals surface area contributed by atoms with Gasteiger partial charge in [0.25, 0.3) is 0 Å². The van der Waals surface area contributed by atoms with Gasteiger partial charge in [-0.05, 0) is 19.1 Å². The molecule has 0 unspecified atom stereocenters. The second-order valence-electron chi connectivity index (χ2n) is 5.75. The molecule has 0 fully saturated rings. The van der Waals surface area contributed by atoms with E-state index in [1.165, 1.54) is 0 Å². The fraction of sp³-hybridized carbons (Fsp3) is 0.0909. The van der Waals surface area contributed by atoms with Crippen LogP contribution in [0.5, 0.6) is 11.5 Å². The van der Waals surface area contributed by atoms with Crippen LogP contribution in [0, 0.1) is 0 Å². The molecule has 0 bridgehead atoms. The third-order valence-electron chi connectivity index (χ3n) is 3.99. The van der Waals surface area contributed by atoms with Gasteiger partial charge in [-0.2, -0.15) is 5.10 Å². The third kappa shape index (κ3) is 3.98. The van der Waals surface area contributed by atoms with Crippen molar-refractivity contribution in [2.24, 2.45) is 10.2 Å². The van der Waals surface area contributed by atoms with Crippen molar-refractivity contribution in [1.82, 2.24) is 0 Å². The van der Waals surface area contributed by atoms with Crippen molar-refractivity contribution in [1.29, 1.82) is 0 Å². The second kappa shape index (κ2) is 8.12. The summed E-state index contributed by atoms with van der Waals surface area (Å²) in [7, 11) is 1.56. The summed E-state index contributed by atoms with van der Waals surface area (Å²) in [5, 5.41) is 19.0. The normalized spacial score (nSPS) is 11.1. The van der Waals surface area contributed by atoms with E-state index in [-0.39, 0.29) is 5.75 Å². The van der Waals surface area contributed by atoms with E-state index >= 15 is 0 Å². The predicted molar refractivity (Wildman–Crippen MR) is 105 cm³/mol. The standard InChI is InChI=1S/C22H20N2O2/c1-16(20-14-13-19(26-2)15-21(20)25)23-24-22(17-9-5-3-6-10-17)18-11-7-4-8-12-18/h3-15,25H,1-2H3. The summed E-state index contributed by atoms with van der Waals surface area (Å²) in [6.45, 7) is 1.82. The molecule has 0 aliphatic heterocycles. The Morgan fingerprint density at radius 1 is 0.808 bits per heavy atom. The molecular formula is C22H20N2O2. The van der Waals surface area contributed by atoms with Crippen LogP contribution in [-0.4, -0.2) is 23.6 Å². The molecule has 4 heteroatoms. The first kappa shape index (κ1) is 17.4. The molecule has 0 aromatic heterocycles. The van der Waals surface area contributed by atoms with Crippen LogP contribution in [0.4, 0.5) is 0 Å². The number of aromatic hydroxyl groups is 1. The Bertz CT molecular complexity index is 891. The number of hydrogen-bond donors (Lipinski definition) is 1. The van der Waals surface area contributed by atoms with Crippen molar-refractivity contribution in [2.45, 2.75) is 6.92 Å². The van der Waals surface area contributed by atoms with Gasteiger partial charge in [-0.1, -0.05) is 60.7 Å². The van der Waals surface area contributed by atoms with Crippen LogP contribution >= 0.6 is 0 Å². The number of ether oxygens (including phenoxy) is 1. The number of methoxy groups -OCH3 is 1.